The number of para-hydroxylation sites is 3. The van der Waals surface area contributed by atoms with E-state index in [2.05, 4.69) is 197 Å². The van der Waals surface area contributed by atoms with Gasteiger partial charge in [0.05, 0.1) is 33.5 Å². The molecular weight excluding hydrogens is 769 g/mol. The quantitative estimate of drug-likeness (QED) is 0.168. The van der Waals surface area contributed by atoms with Gasteiger partial charge in [0.25, 0.3) is 0 Å². The molecule has 0 spiro atoms. The van der Waals surface area contributed by atoms with Gasteiger partial charge in [0.15, 0.2) is 0 Å². The summed E-state index contributed by atoms with van der Waals surface area (Å²) < 4.78 is 10.9. The van der Waals surface area contributed by atoms with Crippen molar-refractivity contribution < 1.29 is 4.42 Å². The summed E-state index contributed by atoms with van der Waals surface area (Å²) in [7, 11) is 0. The molecule has 4 aromatic heterocycles. The van der Waals surface area contributed by atoms with E-state index in [1.54, 1.807) is 0 Å². The molecular formula is C58H36N4O. The number of aromatic nitrogens is 4. The molecule has 9 aromatic carbocycles. The lowest BCUT2D eigenvalue weighted by Gasteiger charge is -2.12. The first-order chi connectivity index (χ1) is 31.2. The number of hydrogen-bond acceptors (Lipinski definition) is 3. The van der Waals surface area contributed by atoms with E-state index >= 15 is 0 Å². The molecule has 63 heavy (non-hydrogen) atoms. The Bertz CT molecular complexity index is 3910. The van der Waals surface area contributed by atoms with Crippen LogP contribution >= 0.6 is 0 Å². The summed E-state index contributed by atoms with van der Waals surface area (Å²) >= 11 is 0. The molecule has 0 bridgehead atoms. The lowest BCUT2D eigenvalue weighted by molar-refractivity contribution is 0.669. The third-order valence-corrected chi connectivity index (χ3v) is 12.6. The highest BCUT2D eigenvalue weighted by Crippen LogP contribution is 2.41. The summed E-state index contributed by atoms with van der Waals surface area (Å²) in [6.45, 7) is 0. The van der Waals surface area contributed by atoms with Crippen molar-refractivity contribution in [2.24, 2.45) is 0 Å². The molecule has 5 nitrogen and oxygen atoms in total. The van der Waals surface area contributed by atoms with Gasteiger partial charge in [-0.05, 0) is 89.0 Å². The highest BCUT2D eigenvalue weighted by molar-refractivity contribution is 6.14. The van der Waals surface area contributed by atoms with E-state index in [4.69, 9.17) is 14.4 Å². The summed E-state index contributed by atoms with van der Waals surface area (Å²) in [4.78, 5) is 10.7. The van der Waals surface area contributed by atoms with E-state index in [-0.39, 0.29) is 0 Å². The van der Waals surface area contributed by atoms with Gasteiger partial charge in [-0.2, -0.15) is 0 Å². The van der Waals surface area contributed by atoms with E-state index in [9.17, 15) is 0 Å². The molecule has 0 radical (unpaired) electrons. The van der Waals surface area contributed by atoms with Crippen LogP contribution in [0.1, 0.15) is 0 Å². The number of rotatable bonds is 6. The summed E-state index contributed by atoms with van der Waals surface area (Å²) in [6, 6.07) is 77.4. The second kappa shape index (κ2) is 14.0. The third-order valence-electron chi connectivity index (χ3n) is 12.6. The first kappa shape index (κ1) is 35.2. The normalized spacial score (nSPS) is 11.8. The number of nitrogens with zero attached hydrogens (tertiary/aromatic N) is 4. The van der Waals surface area contributed by atoms with Crippen LogP contribution in [0, 0.1) is 0 Å². The molecule has 0 unspecified atom stereocenters. The number of hydrogen-bond donors (Lipinski definition) is 0. The molecule has 4 heterocycles. The number of benzene rings is 9. The molecule has 0 atom stereocenters. The van der Waals surface area contributed by atoms with Crippen molar-refractivity contribution in [3.8, 4) is 56.4 Å². The van der Waals surface area contributed by atoms with E-state index < -0.39 is 0 Å². The number of fused-ring (bicyclic) bond motifs is 9. The zero-order valence-electron chi connectivity index (χ0n) is 34.0. The Kier molecular flexibility index (Phi) is 7.84. The van der Waals surface area contributed by atoms with Gasteiger partial charge < -0.3 is 8.98 Å². The van der Waals surface area contributed by atoms with Gasteiger partial charge in [-0.1, -0.05) is 152 Å². The van der Waals surface area contributed by atoms with Crippen molar-refractivity contribution in [3.63, 3.8) is 0 Å². The lowest BCUT2D eigenvalue weighted by atomic mass is 10.0. The summed E-state index contributed by atoms with van der Waals surface area (Å²) in [5.41, 5.74) is 15.7. The highest BCUT2D eigenvalue weighted by Gasteiger charge is 2.21. The van der Waals surface area contributed by atoms with Crippen molar-refractivity contribution in [2.75, 3.05) is 0 Å². The van der Waals surface area contributed by atoms with E-state index in [1.807, 2.05) is 30.3 Å². The Morgan fingerprint density at radius 2 is 0.841 bits per heavy atom. The average molecular weight is 805 g/mol. The molecule has 13 aromatic rings. The molecule has 294 valence electrons. The van der Waals surface area contributed by atoms with Gasteiger partial charge >= 0.3 is 0 Å². The molecule has 0 aliphatic carbocycles. The molecule has 0 N–H and O–H groups in total. The Balaban J connectivity index is 0.984. The zero-order chi connectivity index (χ0) is 41.4. The zero-order valence-corrected chi connectivity index (χ0v) is 34.0. The fourth-order valence-electron chi connectivity index (χ4n) is 9.67. The average Bonchev–Trinajstić information content (AvgIpc) is 4.02. The van der Waals surface area contributed by atoms with Gasteiger partial charge in [0.2, 0.25) is 5.95 Å². The molecule has 0 amide bonds. The Morgan fingerprint density at radius 1 is 0.317 bits per heavy atom. The number of furan rings is 1. The summed E-state index contributed by atoms with van der Waals surface area (Å²) in [5, 5.41) is 6.83. The molecule has 0 saturated heterocycles. The second-order valence-electron chi connectivity index (χ2n) is 16.2. The van der Waals surface area contributed by atoms with Crippen LogP contribution in [0.4, 0.5) is 0 Å². The predicted octanol–water partition coefficient (Wildman–Crippen LogP) is 15.2. The minimum Gasteiger partial charge on any atom is -0.456 e. The van der Waals surface area contributed by atoms with E-state index in [0.29, 0.717) is 5.95 Å². The summed E-state index contributed by atoms with van der Waals surface area (Å²) in [5.74, 6) is 0.612. The van der Waals surface area contributed by atoms with Gasteiger partial charge in [-0.15, -0.1) is 0 Å². The van der Waals surface area contributed by atoms with Crippen LogP contribution in [0.5, 0.6) is 0 Å². The molecule has 5 heteroatoms. The van der Waals surface area contributed by atoms with E-state index in [1.165, 1.54) is 32.9 Å². The molecule has 0 fully saturated rings. The minimum atomic E-state index is 0.612. The monoisotopic (exact) mass is 804 g/mol. The Morgan fingerprint density at radius 3 is 1.57 bits per heavy atom. The minimum absolute atomic E-state index is 0.612. The maximum atomic E-state index is 6.33. The molecule has 0 aliphatic rings. The first-order valence-electron chi connectivity index (χ1n) is 21.3. The predicted molar refractivity (Wildman–Crippen MR) is 260 cm³/mol. The fraction of sp³-hybridized carbons (Fsp3) is 0. The molecule has 13 rings (SSSR count). The van der Waals surface area contributed by atoms with Crippen molar-refractivity contribution in [3.05, 3.63) is 218 Å². The van der Waals surface area contributed by atoms with Gasteiger partial charge in [-0.3, -0.25) is 4.57 Å². The third kappa shape index (κ3) is 5.64. The van der Waals surface area contributed by atoms with Gasteiger partial charge in [0.1, 0.15) is 11.2 Å². The standard InChI is InChI=1S/C58H36N4O/c1-3-15-37(16-4-1)39-19-13-20-42(33-39)61-51-25-10-7-21-43(51)47-34-40(29-31-53(47)61)41-30-32-54-48(35-41)44-22-8-11-26-52(44)62(54)58-59-49(38-17-5-2-6-18-38)36-50(60-58)45-24-14-28-56-57(45)46-23-9-12-27-55(46)63-56/h1-36H. The molecule has 0 saturated carbocycles. The second-order valence-corrected chi connectivity index (χ2v) is 16.2. The van der Waals surface area contributed by atoms with Crippen LogP contribution in [-0.2, 0) is 0 Å². The maximum absolute atomic E-state index is 6.33. The lowest BCUT2D eigenvalue weighted by Crippen LogP contribution is -2.04. The van der Waals surface area contributed by atoms with Crippen LogP contribution in [-0.4, -0.2) is 19.1 Å². The Labute approximate surface area is 362 Å². The van der Waals surface area contributed by atoms with Crippen molar-refractivity contribution in [1.82, 2.24) is 19.1 Å². The maximum Gasteiger partial charge on any atom is 0.235 e. The van der Waals surface area contributed by atoms with Crippen LogP contribution in [0.15, 0.2) is 223 Å². The largest absolute Gasteiger partial charge is 0.456 e. The van der Waals surface area contributed by atoms with E-state index in [0.717, 1.165) is 83.1 Å². The van der Waals surface area contributed by atoms with Crippen LogP contribution in [0.25, 0.3) is 122 Å². The van der Waals surface area contributed by atoms with Crippen molar-refractivity contribution >= 4 is 65.6 Å². The van der Waals surface area contributed by atoms with Crippen molar-refractivity contribution in [2.45, 2.75) is 0 Å². The highest BCUT2D eigenvalue weighted by atomic mass is 16.3. The van der Waals surface area contributed by atoms with Crippen LogP contribution in [0.2, 0.25) is 0 Å². The Hall–Kier alpha value is -8.54. The van der Waals surface area contributed by atoms with Crippen LogP contribution < -0.4 is 0 Å². The topological polar surface area (TPSA) is 48.8 Å². The fourth-order valence-corrected chi connectivity index (χ4v) is 9.67. The molecule has 0 aliphatic heterocycles. The van der Waals surface area contributed by atoms with Crippen molar-refractivity contribution in [1.29, 1.82) is 0 Å². The van der Waals surface area contributed by atoms with Gasteiger partial charge in [0, 0.05) is 49.1 Å². The smallest absolute Gasteiger partial charge is 0.235 e. The van der Waals surface area contributed by atoms with Gasteiger partial charge in [-0.25, -0.2) is 9.97 Å². The SMILES string of the molecule is c1ccc(-c2cccc(-n3c4ccccc4c4cc(-c5ccc6c(c5)c5ccccc5n6-c5nc(-c6ccccc6)cc(-c6cccc7oc8ccccc8c67)n5)ccc43)c2)cc1. The summed E-state index contributed by atoms with van der Waals surface area (Å²) in [6.07, 6.45) is 0. The first-order valence-corrected chi connectivity index (χ1v) is 21.3. The van der Waals surface area contributed by atoms with Crippen LogP contribution in [0.3, 0.4) is 0 Å².